The fraction of sp³-hybridized carbons (Fsp3) is 0.619. The molecule has 1 unspecified atom stereocenters. The molecule has 1 spiro atoms. The van der Waals surface area contributed by atoms with E-state index in [-0.39, 0.29) is 29.4 Å². The molecule has 2 aromatic heterocycles. The normalized spacial score (nSPS) is 20.2. The number of amides is 1. The first-order valence-electron chi connectivity index (χ1n) is 10.7. The third-order valence-corrected chi connectivity index (χ3v) is 6.55. The van der Waals surface area contributed by atoms with Crippen molar-refractivity contribution in [2.75, 3.05) is 13.1 Å². The molecule has 1 saturated carbocycles. The minimum atomic E-state index is -0.262. The van der Waals surface area contributed by atoms with Crippen LogP contribution in [0, 0.1) is 5.41 Å². The van der Waals surface area contributed by atoms with Crippen LogP contribution in [0.25, 0.3) is 0 Å². The van der Waals surface area contributed by atoms with Crippen LogP contribution in [0.3, 0.4) is 0 Å². The summed E-state index contributed by atoms with van der Waals surface area (Å²) in [5, 5.41) is 12.4. The van der Waals surface area contributed by atoms with Crippen LogP contribution in [0.4, 0.5) is 0 Å². The number of piperidine rings is 1. The van der Waals surface area contributed by atoms with E-state index in [4.69, 9.17) is 14.4 Å². The molecule has 10 nitrogen and oxygen atoms in total. The highest BCUT2D eigenvalue weighted by Gasteiger charge is 2.45. The molecule has 0 radical (unpaired) electrons. The Morgan fingerprint density at radius 3 is 2.77 bits per heavy atom. The van der Waals surface area contributed by atoms with Crippen molar-refractivity contribution in [3.63, 3.8) is 0 Å². The monoisotopic (exact) mass is 433 g/mol. The molecule has 31 heavy (non-hydrogen) atoms. The maximum atomic E-state index is 12.5. The Bertz CT molecular complexity index is 909. The zero-order chi connectivity index (χ0) is 22.3. The van der Waals surface area contributed by atoms with Gasteiger partial charge in [0.1, 0.15) is 11.6 Å². The number of hydrogen-bond acceptors (Lipinski definition) is 6. The zero-order valence-corrected chi connectivity index (χ0v) is 17.9. The Balaban J connectivity index is 0.000000858. The molecule has 3 N–H and O–H groups in total. The fourth-order valence-corrected chi connectivity index (χ4v) is 4.82. The van der Waals surface area contributed by atoms with E-state index in [9.17, 15) is 9.59 Å². The molecule has 0 bridgehead atoms. The minimum Gasteiger partial charge on any atom is -0.483 e. The lowest BCUT2D eigenvalue weighted by molar-refractivity contribution is -0.123. The van der Waals surface area contributed by atoms with Crippen LogP contribution in [-0.4, -0.2) is 56.2 Å². The highest BCUT2D eigenvalue weighted by Crippen LogP contribution is 2.46. The van der Waals surface area contributed by atoms with Gasteiger partial charge in [-0.3, -0.25) is 19.3 Å². The van der Waals surface area contributed by atoms with E-state index in [0.29, 0.717) is 18.6 Å². The molecule has 170 valence electrons. The van der Waals surface area contributed by atoms with Gasteiger partial charge in [0, 0.05) is 44.4 Å². The topological polar surface area (TPSA) is 133 Å². The Labute approximate surface area is 180 Å². The minimum absolute atomic E-state index is 0.0468. The summed E-state index contributed by atoms with van der Waals surface area (Å²) in [6.45, 7) is 2.74. The molecule has 2 aromatic rings. The Kier molecular flexibility index (Phi) is 7.67. The van der Waals surface area contributed by atoms with Crippen molar-refractivity contribution in [2.45, 2.75) is 57.5 Å². The summed E-state index contributed by atoms with van der Waals surface area (Å²) >= 11 is 0. The Morgan fingerprint density at radius 2 is 2.16 bits per heavy atom. The van der Waals surface area contributed by atoms with Gasteiger partial charge in [-0.2, -0.15) is 5.16 Å². The first-order chi connectivity index (χ1) is 15.0. The molecule has 1 atom stereocenters. The molecule has 1 saturated heterocycles. The predicted octanol–water partition coefficient (Wildman–Crippen LogP) is 1.29. The van der Waals surface area contributed by atoms with E-state index >= 15 is 0 Å². The molecular formula is C21H31N5O5. The van der Waals surface area contributed by atoms with E-state index in [0.717, 1.165) is 44.7 Å². The van der Waals surface area contributed by atoms with Gasteiger partial charge in [0.25, 0.3) is 12.0 Å². The standard InChI is InChI=1S/C20H29N5O3.CH2O2/c1-24-12-9-21-17(24)14-25-10-7-20(8-11-25)6-2-3-16(20)22-18(26)5-4-15-13-19(27)23-28-15;2-1-3/h9,12-13,16H,2-8,10-11,14H2,1H3,(H,22,26)(H,23,27);1H,(H,2,3). The average Bonchev–Trinajstić information content (AvgIpc) is 3.45. The summed E-state index contributed by atoms with van der Waals surface area (Å²) in [6.07, 6.45) is 10.3. The summed E-state index contributed by atoms with van der Waals surface area (Å²) in [5.41, 5.74) is -0.0310. The van der Waals surface area contributed by atoms with E-state index in [1.165, 1.54) is 18.9 Å². The number of imidazole rings is 1. The Morgan fingerprint density at radius 1 is 1.42 bits per heavy atom. The molecule has 0 aromatic carbocycles. The van der Waals surface area contributed by atoms with Gasteiger partial charge in [-0.15, -0.1) is 0 Å². The van der Waals surface area contributed by atoms with Crippen LogP contribution in [0.15, 0.2) is 27.8 Å². The summed E-state index contributed by atoms with van der Waals surface area (Å²) < 4.78 is 7.11. The highest BCUT2D eigenvalue weighted by molar-refractivity contribution is 5.76. The van der Waals surface area contributed by atoms with Crippen molar-refractivity contribution < 1.29 is 19.2 Å². The molecule has 2 fully saturated rings. The third kappa shape index (κ3) is 5.84. The molecule has 1 amide bonds. The number of aryl methyl sites for hydroxylation is 2. The molecular weight excluding hydrogens is 402 g/mol. The number of carbonyl (C=O) groups is 2. The third-order valence-electron chi connectivity index (χ3n) is 6.55. The summed E-state index contributed by atoms with van der Waals surface area (Å²) in [4.78, 5) is 38.8. The number of nitrogens with zero attached hydrogens (tertiary/aromatic N) is 3. The molecule has 2 aliphatic rings. The second kappa shape index (κ2) is 10.4. The van der Waals surface area contributed by atoms with Crippen molar-refractivity contribution in [1.29, 1.82) is 0 Å². The molecule has 4 rings (SSSR count). The number of nitrogens with one attached hydrogen (secondary N) is 2. The van der Waals surface area contributed by atoms with Crippen molar-refractivity contribution in [3.05, 3.63) is 40.4 Å². The van der Waals surface area contributed by atoms with Gasteiger partial charge in [-0.1, -0.05) is 6.42 Å². The second-order valence-electron chi connectivity index (χ2n) is 8.39. The van der Waals surface area contributed by atoms with Crippen molar-refractivity contribution in [3.8, 4) is 0 Å². The van der Waals surface area contributed by atoms with Gasteiger partial charge in [-0.05, 0) is 44.2 Å². The number of aromatic nitrogens is 3. The van der Waals surface area contributed by atoms with Crippen molar-refractivity contribution >= 4 is 12.4 Å². The number of hydrogen-bond donors (Lipinski definition) is 3. The molecule has 1 aliphatic heterocycles. The molecule has 10 heteroatoms. The van der Waals surface area contributed by atoms with Crippen molar-refractivity contribution in [1.82, 2.24) is 24.9 Å². The number of likely N-dealkylation sites (tertiary alicyclic amines) is 1. The average molecular weight is 434 g/mol. The van der Waals surface area contributed by atoms with Gasteiger partial charge < -0.3 is 19.5 Å². The first kappa shape index (κ1) is 22.8. The molecule has 1 aliphatic carbocycles. The number of aromatic amines is 1. The number of carboxylic acid groups (broad SMARTS) is 1. The van der Waals surface area contributed by atoms with Crippen molar-refractivity contribution in [2.24, 2.45) is 12.5 Å². The largest absolute Gasteiger partial charge is 0.483 e. The van der Waals surface area contributed by atoms with Gasteiger partial charge in [0.15, 0.2) is 0 Å². The van der Waals surface area contributed by atoms with Crippen LogP contribution in [0.1, 0.15) is 50.1 Å². The summed E-state index contributed by atoms with van der Waals surface area (Å²) in [7, 11) is 2.04. The van der Waals surface area contributed by atoms with Gasteiger partial charge >= 0.3 is 0 Å². The molecule has 3 heterocycles. The zero-order valence-electron chi connectivity index (χ0n) is 17.9. The van der Waals surface area contributed by atoms with E-state index in [1.807, 2.05) is 19.4 Å². The van der Waals surface area contributed by atoms with Crippen LogP contribution in [-0.2, 0) is 29.6 Å². The Hall–Kier alpha value is -2.88. The lowest BCUT2D eigenvalue weighted by Crippen LogP contribution is -2.50. The van der Waals surface area contributed by atoms with Gasteiger partial charge in [-0.25, -0.2) is 4.98 Å². The number of H-pyrrole nitrogens is 1. The van der Waals surface area contributed by atoms with E-state index in [1.54, 1.807) is 0 Å². The quantitative estimate of drug-likeness (QED) is 0.585. The van der Waals surface area contributed by atoms with Gasteiger partial charge in [0.05, 0.1) is 6.54 Å². The first-order valence-corrected chi connectivity index (χ1v) is 10.7. The SMILES string of the molecule is Cn1ccnc1CN1CCC2(CCCC2NC(=O)CCc2cc(=O)[nH]o2)CC1.O=CO. The smallest absolute Gasteiger partial charge is 0.290 e. The number of rotatable bonds is 6. The lowest BCUT2D eigenvalue weighted by atomic mass is 9.74. The summed E-state index contributed by atoms with van der Waals surface area (Å²) in [5.74, 6) is 1.68. The maximum absolute atomic E-state index is 12.5. The van der Waals surface area contributed by atoms with Crippen LogP contribution >= 0.6 is 0 Å². The second-order valence-corrected chi connectivity index (χ2v) is 8.39. The van der Waals surface area contributed by atoms with Gasteiger partial charge in [0.2, 0.25) is 5.91 Å². The maximum Gasteiger partial charge on any atom is 0.290 e. The lowest BCUT2D eigenvalue weighted by Gasteiger charge is -2.43. The fourth-order valence-electron chi connectivity index (χ4n) is 4.82. The van der Waals surface area contributed by atoms with Crippen LogP contribution in [0.5, 0.6) is 0 Å². The van der Waals surface area contributed by atoms with Crippen LogP contribution < -0.4 is 10.9 Å². The van der Waals surface area contributed by atoms with Crippen LogP contribution in [0.2, 0.25) is 0 Å². The predicted molar refractivity (Wildman–Crippen MR) is 112 cm³/mol. The summed E-state index contributed by atoms with van der Waals surface area (Å²) in [6, 6.07) is 1.66. The van der Waals surface area contributed by atoms with E-state index in [2.05, 4.69) is 24.9 Å². The highest BCUT2D eigenvalue weighted by atomic mass is 16.5. The number of carbonyl (C=O) groups excluding carboxylic acids is 1. The van der Waals surface area contributed by atoms with E-state index < -0.39 is 0 Å².